The van der Waals surface area contributed by atoms with Crippen molar-refractivity contribution in [3.05, 3.63) is 42.7 Å². The Morgan fingerprint density at radius 3 is 2.89 bits per heavy atom. The molecular weight excluding hydrogens is 246 g/mol. The maximum atomic E-state index is 11.5. The molecule has 0 aliphatic carbocycles. The Labute approximate surface area is 110 Å². The van der Waals surface area contributed by atoms with Gasteiger partial charge >= 0.3 is 0 Å². The van der Waals surface area contributed by atoms with E-state index in [-0.39, 0.29) is 5.91 Å². The highest BCUT2D eigenvalue weighted by Gasteiger charge is 2.03. The first kappa shape index (κ1) is 12.7. The average Bonchev–Trinajstić information content (AvgIpc) is 2.89. The smallest absolute Gasteiger partial charge is 0.226 e. The Morgan fingerprint density at radius 2 is 2.17 bits per heavy atom. The van der Waals surface area contributed by atoms with Gasteiger partial charge in [-0.05, 0) is 24.3 Å². The number of aromatic amines is 1. The van der Waals surface area contributed by atoms with E-state index in [1.807, 2.05) is 18.2 Å². The molecule has 0 fully saturated rings. The second kappa shape index (κ2) is 6.86. The van der Waals surface area contributed by atoms with Gasteiger partial charge in [0.2, 0.25) is 11.9 Å². The zero-order valence-corrected chi connectivity index (χ0v) is 10.7. The number of nitrogens with one attached hydrogen (secondary N) is 2. The van der Waals surface area contributed by atoms with Gasteiger partial charge in [-0.1, -0.05) is 18.2 Å². The molecular formula is C13H15N3OS. The largest absolute Gasteiger partial charge is 0.331 e. The number of carbonyl (C=O) groups is 1. The third-order valence-electron chi connectivity index (χ3n) is 2.32. The fourth-order valence-corrected chi connectivity index (χ4v) is 2.34. The first-order chi connectivity index (χ1) is 8.84. The lowest BCUT2D eigenvalue weighted by Crippen LogP contribution is -2.12. The Morgan fingerprint density at radius 1 is 1.33 bits per heavy atom. The number of amides is 1. The number of hydrogen-bond donors (Lipinski definition) is 2. The number of benzene rings is 1. The van der Waals surface area contributed by atoms with Crippen LogP contribution in [0.15, 0.2) is 47.6 Å². The molecule has 1 aromatic carbocycles. The number of hydrogen-bond acceptors (Lipinski definition) is 3. The Kier molecular flexibility index (Phi) is 4.84. The molecule has 0 spiro atoms. The molecule has 0 aliphatic heterocycles. The average molecular weight is 261 g/mol. The van der Waals surface area contributed by atoms with Crippen molar-refractivity contribution in [2.75, 3.05) is 11.1 Å². The maximum absolute atomic E-state index is 11.5. The predicted octanol–water partition coefficient (Wildman–Crippen LogP) is 2.92. The lowest BCUT2D eigenvalue weighted by atomic mass is 10.3. The van der Waals surface area contributed by atoms with E-state index in [9.17, 15) is 4.79 Å². The Bertz CT molecular complexity index is 470. The number of H-pyrrole nitrogens is 1. The molecule has 0 saturated carbocycles. The predicted molar refractivity (Wildman–Crippen MR) is 73.6 cm³/mol. The van der Waals surface area contributed by atoms with Gasteiger partial charge < -0.3 is 4.98 Å². The van der Waals surface area contributed by atoms with Gasteiger partial charge in [0.1, 0.15) is 0 Å². The van der Waals surface area contributed by atoms with Gasteiger partial charge in [-0.15, -0.1) is 11.8 Å². The number of carbonyl (C=O) groups excluding carboxylic acids is 1. The van der Waals surface area contributed by atoms with Crippen molar-refractivity contribution in [2.24, 2.45) is 0 Å². The lowest BCUT2D eigenvalue weighted by molar-refractivity contribution is -0.116. The molecule has 94 valence electrons. The van der Waals surface area contributed by atoms with E-state index in [1.54, 1.807) is 24.2 Å². The number of rotatable bonds is 6. The Balaban J connectivity index is 1.62. The Hall–Kier alpha value is -1.75. The molecule has 18 heavy (non-hydrogen) atoms. The number of thioether (sulfide) groups is 1. The van der Waals surface area contributed by atoms with E-state index >= 15 is 0 Å². The molecule has 1 aromatic heterocycles. The van der Waals surface area contributed by atoms with Crippen LogP contribution < -0.4 is 5.32 Å². The van der Waals surface area contributed by atoms with Gasteiger partial charge in [-0.25, -0.2) is 4.98 Å². The SMILES string of the molecule is O=C(CCCSc1ccccc1)Nc1ncc[nH]1. The highest BCUT2D eigenvalue weighted by Crippen LogP contribution is 2.18. The summed E-state index contributed by atoms with van der Waals surface area (Å²) in [6.45, 7) is 0. The summed E-state index contributed by atoms with van der Waals surface area (Å²) in [7, 11) is 0. The van der Waals surface area contributed by atoms with Gasteiger partial charge in [0.15, 0.2) is 0 Å². The van der Waals surface area contributed by atoms with Crippen LogP contribution >= 0.6 is 11.8 Å². The van der Waals surface area contributed by atoms with E-state index in [0.29, 0.717) is 12.4 Å². The minimum absolute atomic E-state index is 0.00129. The quantitative estimate of drug-likeness (QED) is 0.621. The molecule has 5 heteroatoms. The first-order valence-electron chi connectivity index (χ1n) is 5.81. The van der Waals surface area contributed by atoms with Crippen LogP contribution in [-0.4, -0.2) is 21.6 Å². The minimum Gasteiger partial charge on any atom is -0.331 e. The summed E-state index contributed by atoms with van der Waals surface area (Å²) in [5.41, 5.74) is 0. The van der Waals surface area contributed by atoms with Crippen LogP contribution in [-0.2, 0) is 4.79 Å². The summed E-state index contributed by atoms with van der Waals surface area (Å²) in [6, 6.07) is 10.2. The molecule has 0 atom stereocenters. The molecule has 0 aliphatic rings. The van der Waals surface area contributed by atoms with Crippen LogP contribution in [0.25, 0.3) is 0 Å². The molecule has 1 amide bonds. The van der Waals surface area contributed by atoms with E-state index in [2.05, 4.69) is 27.4 Å². The standard InChI is InChI=1S/C13H15N3OS/c17-12(16-13-14-8-9-15-13)7-4-10-18-11-5-2-1-3-6-11/h1-3,5-6,8-9H,4,7,10H2,(H2,14,15,16,17). The second-order valence-corrected chi connectivity index (χ2v) is 4.92. The highest BCUT2D eigenvalue weighted by molar-refractivity contribution is 7.99. The number of aromatic nitrogens is 2. The van der Waals surface area contributed by atoms with Crippen LogP contribution in [0.2, 0.25) is 0 Å². The van der Waals surface area contributed by atoms with Crippen molar-refractivity contribution >= 4 is 23.6 Å². The van der Waals surface area contributed by atoms with Crippen molar-refractivity contribution in [3.63, 3.8) is 0 Å². The molecule has 0 unspecified atom stereocenters. The van der Waals surface area contributed by atoms with Crippen LogP contribution in [0, 0.1) is 0 Å². The van der Waals surface area contributed by atoms with E-state index in [0.717, 1.165) is 12.2 Å². The zero-order chi connectivity index (χ0) is 12.6. The second-order valence-electron chi connectivity index (χ2n) is 3.75. The molecule has 2 aromatic rings. The van der Waals surface area contributed by atoms with Crippen molar-refractivity contribution in [1.82, 2.24) is 9.97 Å². The van der Waals surface area contributed by atoms with E-state index < -0.39 is 0 Å². The summed E-state index contributed by atoms with van der Waals surface area (Å²) in [6.07, 6.45) is 4.66. The van der Waals surface area contributed by atoms with Crippen LogP contribution in [0.5, 0.6) is 0 Å². The molecule has 4 nitrogen and oxygen atoms in total. The summed E-state index contributed by atoms with van der Waals surface area (Å²) in [5.74, 6) is 1.45. The highest BCUT2D eigenvalue weighted by atomic mass is 32.2. The van der Waals surface area contributed by atoms with Gasteiger partial charge in [0.25, 0.3) is 0 Å². The van der Waals surface area contributed by atoms with Gasteiger partial charge in [0.05, 0.1) is 0 Å². The van der Waals surface area contributed by atoms with Crippen LogP contribution in [0.1, 0.15) is 12.8 Å². The van der Waals surface area contributed by atoms with E-state index in [4.69, 9.17) is 0 Å². The van der Waals surface area contributed by atoms with Crippen LogP contribution in [0.3, 0.4) is 0 Å². The lowest BCUT2D eigenvalue weighted by Gasteiger charge is -2.02. The molecule has 2 N–H and O–H groups in total. The summed E-state index contributed by atoms with van der Waals surface area (Å²) >= 11 is 1.77. The minimum atomic E-state index is -0.00129. The topological polar surface area (TPSA) is 57.8 Å². The number of anilines is 1. The van der Waals surface area contributed by atoms with Gasteiger partial charge in [-0.3, -0.25) is 10.1 Å². The first-order valence-corrected chi connectivity index (χ1v) is 6.80. The maximum Gasteiger partial charge on any atom is 0.226 e. The van der Waals surface area contributed by atoms with Crippen molar-refractivity contribution in [1.29, 1.82) is 0 Å². The van der Waals surface area contributed by atoms with Crippen molar-refractivity contribution < 1.29 is 4.79 Å². The zero-order valence-electron chi connectivity index (χ0n) is 9.93. The van der Waals surface area contributed by atoms with Crippen molar-refractivity contribution in [2.45, 2.75) is 17.7 Å². The fraction of sp³-hybridized carbons (Fsp3) is 0.231. The summed E-state index contributed by atoms with van der Waals surface area (Å²) in [4.78, 5) is 19.6. The molecule has 0 radical (unpaired) electrons. The van der Waals surface area contributed by atoms with Crippen molar-refractivity contribution in [3.8, 4) is 0 Å². The monoisotopic (exact) mass is 261 g/mol. The summed E-state index contributed by atoms with van der Waals surface area (Å²) < 4.78 is 0. The molecule has 0 saturated heterocycles. The van der Waals surface area contributed by atoms with Gasteiger partial charge in [0, 0.05) is 23.7 Å². The van der Waals surface area contributed by atoms with Crippen LogP contribution in [0.4, 0.5) is 5.95 Å². The molecule has 2 rings (SSSR count). The number of nitrogens with zero attached hydrogens (tertiary/aromatic N) is 1. The molecule has 1 heterocycles. The third-order valence-corrected chi connectivity index (χ3v) is 3.41. The summed E-state index contributed by atoms with van der Waals surface area (Å²) in [5, 5.41) is 2.71. The van der Waals surface area contributed by atoms with E-state index in [1.165, 1.54) is 4.90 Å². The van der Waals surface area contributed by atoms with Gasteiger partial charge in [-0.2, -0.15) is 0 Å². The third kappa shape index (κ3) is 4.25. The fourth-order valence-electron chi connectivity index (χ4n) is 1.47. The molecule has 0 bridgehead atoms. The number of imidazole rings is 1. The normalized spacial score (nSPS) is 10.2.